The molecule has 0 fully saturated rings. The molecule has 2 aromatic heterocycles. The van der Waals surface area contributed by atoms with Gasteiger partial charge in [-0.25, -0.2) is 23.1 Å². The average Bonchev–Trinajstić information content (AvgIpc) is 3.35. The number of halogens is 3. The van der Waals surface area contributed by atoms with Crippen LogP contribution in [0.4, 0.5) is 18.3 Å². The number of amides is 1. The van der Waals surface area contributed by atoms with E-state index in [1.807, 2.05) is 0 Å². The highest BCUT2D eigenvalue weighted by atomic mass is 32.1. The number of imidazole rings is 1. The summed E-state index contributed by atoms with van der Waals surface area (Å²) >= 11 is 1.23. The fraction of sp³-hybridized carbons (Fsp3) is 0.0500. The van der Waals surface area contributed by atoms with Crippen molar-refractivity contribution in [1.82, 2.24) is 14.5 Å². The van der Waals surface area contributed by atoms with E-state index in [2.05, 4.69) is 15.3 Å². The summed E-state index contributed by atoms with van der Waals surface area (Å²) in [6.07, 6.45) is 4.78. The van der Waals surface area contributed by atoms with Crippen molar-refractivity contribution in [3.8, 4) is 5.69 Å². The van der Waals surface area contributed by atoms with Crippen molar-refractivity contribution in [3.05, 3.63) is 94.8 Å². The van der Waals surface area contributed by atoms with Crippen LogP contribution in [0, 0.1) is 17.5 Å². The highest BCUT2D eigenvalue weighted by molar-refractivity contribution is 7.15. The highest BCUT2D eigenvalue weighted by Crippen LogP contribution is 2.23. The number of anilines is 1. The minimum absolute atomic E-state index is 0.258. The van der Waals surface area contributed by atoms with Gasteiger partial charge in [-0.2, -0.15) is 0 Å². The number of hydrogen-bond acceptors (Lipinski definition) is 4. The second-order valence-electron chi connectivity index (χ2n) is 6.14. The summed E-state index contributed by atoms with van der Waals surface area (Å²) in [6, 6.07) is 9.37. The molecule has 0 saturated heterocycles. The van der Waals surface area contributed by atoms with Crippen molar-refractivity contribution in [2.45, 2.75) is 6.42 Å². The third-order valence-corrected chi connectivity index (χ3v) is 5.03. The van der Waals surface area contributed by atoms with Crippen molar-refractivity contribution in [2.24, 2.45) is 0 Å². The standard InChI is InChI=1S/C20H13F3N4OS/c21-13-2-4-14(5-3-13)27-11-24-10-18(27)19(28)26-20-25-9-15(29-20)7-12-1-6-16(22)17(23)8-12/h1-6,8-11H,7H2,(H,25,26,28). The fourth-order valence-corrected chi connectivity index (χ4v) is 3.57. The van der Waals surface area contributed by atoms with Crippen molar-refractivity contribution in [2.75, 3.05) is 5.32 Å². The van der Waals surface area contributed by atoms with E-state index in [9.17, 15) is 18.0 Å². The summed E-state index contributed by atoms with van der Waals surface area (Å²) < 4.78 is 41.0. The predicted octanol–water partition coefficient (Wildman–Crippen LogP) is 4.59. The van der Waals surface area contributed by atoms with Crippen LogP contribution < -0.4 is 5.32 Å². The lowest BCUT2D eigenvalue weighted by Crippen LogP contribution is -2.15. The Bertz CT molecular complexity index is 1170. The second-order valence-corrected chi connectivity index (χ2v) is 7.25. The topological polar surface area (TPSA) is 59.8 Å². The number of aromatic nitrogens is 3. The normalized spacial score (nSPS) is 10.9. The first-order chi connectivity index (χ1) is 14.0. The molecule has 0 aliphatic carbocycles. The van der Waals surface area contributed by atoms with Gasteiger partial charge in [0.2, 0.25) is 0 Å². The Kier molecular flexibility index (Phi) is 5.13. The number of nitrogens with one attached hydrogen (secondary N) is 1. The van der Waals surface area contributed by atoms with Gasteiger partial charge in [-0.05, 0) is 42.0 Å². The van der Waals surface area contributed by atoms with E-state index in [0.29, 0.717) is 22.8 Å². The van der Waals surface area contributed by atoms with Crippen molar-refractivity contribution in [1.29, 1.82) is 0 Å². The van der Waals surface area contributed by atoms with Crippen LogP contribution in [0.2, 0.25) is 0 Å². The van der Waals surface area contributed by atoms with Crippen LogP contribution in [0.3, 0.4) is 0 Å². The molecule has 146 valence electrons. The van der Waals surface area contributed by atoms with E-state index >= 15 is 0 Å². The molecule has 4 rings (SSSR count). The molecule has 29 heavy (non-hydrogen) atoms. The van der Waals surface area contributed by atoms with Gasteiger partial charge in [0, 0.05) is 23.2 Å². The van der Waals surface area contributed by atoms with Crippen LogP contribution in [0.25, 0.3) is 5.69 Å². The number of thiazole rings is 1. The van der Waals surface area contributed by atoms with Gasteiger partial charge in [0.05, 0.1) is 12.5 Å². The molecule has 0 atom stereocenters. The van der Waals surface area contributed by atoms with Crippen LogP contribution in [0.15, 0.2) is 61.2 Å². The molecule has 4 aromatic rings. The second kappa shape index (κ2) is 7.88. The zero-order valence-electron chi connectivity index (χ0n) is 14.8. The molecule has 2 heterocycles. The van der Waals surface area contributed by atoms with E-state index < -0.39 is 17.5 Å². The summed E-state index contributed by atoms with van der Waals surface area (Å²) in [5, 5.41) is 3.05. The molecule has 2 aromatic carbocycles. The van der Waals surface area contributed by atoms with Crippen LogP contribution in [-0.4, -0.2) is 20.4 Å². The maximum atomic E-state index is 13.3. The first-order valence-corrected chi connectivity index (χ1v) is 9.29. The van der Waals surface area contributed by atoms with E-state index in [1.54, 1.807) is 6.20 Å². The van der Waals surface area contributed by atoms with Gasteiger partial charge in [0.25, 0.3) is 5.91 Å². The SMILES string of the molecule is O=C(Nc1ncc(Cc2ccc(F)c(F)c2)s1)c1cncn1-c1ccc(F)cc1. The first-order valence-electron chi connectivity index (χ1n) is 8.48. The van der Waals surface area contributed by atoms with Crippen molar-refractivity contribution in [3.63, 3.8) is 0 Å². The molecule has 0 aliphatic rings. The Morgan fingerprint density at radius 1 is 1.03 bits per heavy atom. The maximum absolute atomic E-state index is 13.3. The molecular weight excluding hydrogens is 401 g/mol. The quantitative estimate of drug-likeness (QED) is 0.520. The number of nitrogens with zero attached hydrogens (tertiary/aromatic N) is 3. The Morgan fingerprint density at radius 3 is 2.59 bits per heavy atom. The average molecular weight is 414 g/mol. The van der Waals surface area contributed by atoms with E-state index in [0.717, 1.165) is 17.0 Å². The van der Waals surface area contributed by atoms with Gasteiger partial charge < -0.3 is 0 Å². The monoisotopic (exact) mass is 414 g/mol. The van der Waals surface area contributed by atoms with Gasteiger partial charge >= 0.3 is 0 Å². The number of rotatable bonds is 5. The molecule has 0 aliphatic heterocycles. The van der Waals surface area contributed by atoms with Gasteiger partial charge in [-0.1, -0.05) is 6.07 Å². The van der Waals surface area contributed by atoms with Crippen LogP contribution in [0.1, 0.15) is 20.9 Å². The fourth-order valence-electron chi connectivity index (χ4n) is 2.73. The molecular formula is C20H13F3N4OS. The van der Waals surface area contributed by atoms with E-state index in [-0.39, 0.29) is 11.5 Å². The van der Waals surface area contributed by atoms with E-state index in [1.165, 1.54) is 58.8 Å². The van der Waals surface area contributed by atoms with Crippen LogP contribution in [-0.2, 0) is 6.42 Å². The zero-order valence-corrected chi connectivity index (χ0v) is 15.6. The highest BCUT2D eigenvalue weighted by Gasteiger charge is 2.15. The summed E-state index contributed by atoms with van der Waals surface area (Å²) in [5.74, 6) is -2.62. The maximum Gasteiger partial charge on any atom is 0.276 e. The lowest BCUT2D eigenvalue weighted by atomic mass is 10.1. The predicted molar refractivity (Wildman–Crippen MR) is 103 cm³/mol. The number of carbonyl (C=O) groups excluding carboxylic acids is 1. The number of benzene rings is 2. The minimum atomic E-state index is -0.908. The molecule has 0 radical (unpaired) electrons. The summed E-state index contributed by atoms with van der Waals surface area (Å²) in [5.41, 5.74) is 1.45. The number of carbonyl (C=O) groups is 1. The van der Waals surface area contributed by atoms with Gasteiger partial charge in [-0.15, -0.1) is 11.3 Å². The molecule has 0 saturated carbocycles. The Balaban J connectivity index is 1.48. The molecule has 0 bridgehead atoms. The molecule has 0 unspecified atom stereocenters. The molecule has 5 nitrogen and oxygen atoms in total. The minimum Gasteiger partial charge on any atom is -0.296 e. The van der Waals surface area contributed by atoms with E-state index in [4.69, 9.17) is 0 Å². The van der Waals surface area contributed by atoms with Crippen molar-refractivity contribution < 1.29 is 18.0 Å². The molecule has 1 amide bonds. The third-order valence-electron chi connectivity index (χ3n) is 4.11. The van der Waals surface area contributed by atoms with Crippen LogP contribution >= 0.6 is 11.3 Å². The Labute approximate surface area is 167 Å². The van der Waals surface area contributed by atoms with Gasteiger partial charge in [0.1, 0.15) is 11.5 Å². The largest absolute Gasteiger partial charge is 0.296 e. The summed E-state index contributed by atoms with van der Waals surface area (Å²) in [7, 11) is 0. The summed E-state index contributed by atoms with van der Waals surface area (Å²) in [4.78, 5) is 21.5. The van der Waals surface area contributed by atoms with Crippen molar-refractivity contribution >= 4 is 22.4 Å². The summed E-state index contributed by atoms with van der Waals surface area (Å²) in [6.45, 7) is 0. The molecule has 9 heteroatoms. The lowest BCUT2D eigenvalue weighted by Gasteiger charge is -2.07. The smallest absolute Gasteiger partial charge is 0.276 e. The van der Waals surface area contributed by atoms with Gasteiger partial charge in [0.15, 0.2) is 16.8 Å². The Hall–Kier alpha value is -3.46. The van der Waals surface area contributed by atoms with Gasteiger partial charge in [-0.3, -0.25) is 14.7 Å². The zero-order chi connectivity index (χ0) is 20.4. The molecule has 1 N–H and O–H groups in total. The number of hydrogen-bond donors (Lipinski definition) is 1. The first kappa shape index (κ1) is 18.9. The van der Waals surface area contributed by atoms with Crippen LogP contribution in [0.5, 0.6) is 0 Å². The lowest BCUT2D eigenvalue weighted by molar-refractivity contribution is 0.102. The third kappa shape index (κ3) is 4.19. The Morgan fingerprint density at radius 2 is 1.83 bits per heavy atom. The molecule has 0 spiro atoms.